The molecular weight excluding hydrogens is 238 g/mol. The summed E-state index contributed by atoms with van der Waals surface area (Å²) in [6.07, 6.45) is 0.0756. The van der Waals surface area contributed by atoms with E-state index in [-0.39, 0.29) is 13.0 Å². The van der Waals surface area contributed by atoms with Gasteiger partial charge in [0.1, 0.15) is 0 Å². The standard InChI is InChI=1S/C11H11N3O2S/c12-7-4-8-14-17(15,16)11(9-13)10-5-2-1-3-6-10/h1-3,5-6,11,14H,4,8H2. The molecular formula is C11H11N3O2S. The van der Waals surface area contributed by atoms with Gasteiger partial charge < -0.3 is 0 Å². The van der Waals surface area contributed by atoms with E-state index in [1.807, 2.05) is 6.07 Å². The van der Waals surface area contributed by atoms with Gasteiger partial charge in [-0.25, -0.2) is 13.1 Å². The molecule has 1 aromatic carbocycles. The summed E-state index contributed by atoms with van der Waals surface area (Å²) in [4.78, 5) is 0. The molecule has 0 heterocycles. The van der Waals surface area contributed by atoms with Crippen molar-refractivity contribution in [2.24, 2.45) is 0 Å². The van der Waals surface area contributed by atoms with E-state index in [1.54, 1.807) is 36.4 Å². The highest BCUT2D eigenvalue weighted by Crippen LogP contribution is 2.19. The number of hydrogen-bond donors (Lipinski definition) is 1. The summed E-state index contributed by atoms with van der Waals surface area (Å²) in [6.45, 7) is 0.0177. The van der Waals surface area contributed by atoms with Gasteiger partial charge in [-0.05, 0) is 5.56 Å². The normalized spacial score (nSPS) is 12.4. The van der Waals surface area contributed by atoms with Crippen LogP contribution in [0.2, 0.25) is 0 Å². The first-order valence-corrected chi connectivity index (χ1v) is 6.46. The summed E-state index contributed by atoms with van der Waals surface area (Å²) in [5.41, 5.74) is 0.416. The SMILES string of the molecule is N#CCCNS(=O)(=O)C(C#N)c1ccccc1. The Morgan fingerprint density at radius 2 is 1.88 bits per heavy atom. The number of rotatable bonds is 5. The Morgan fingerprint density at radius 3 is 2.41 bits per heavy atom. The second-order valence-corrected chi connectivity index (χ2v) is 5.12. The second kappa shape index (κ2) is 6.00. The van der Waals surface area contributed by atoms with E-state index in [4.69, 9.17) is 10.5 Å². The van der Waals surface area contributed by atoms with Crippen molar-refractivity contribution in [2.75, 3.05) is 6.54 Å². The molecule has 17 heavy (non-hydrogen) atoms. The Labute approximate surface area is 100 Å². The van der Waals surface area contributed by atoms with E-state index in [1.165, 1.54) is 0 Å². The van der Waals surface area contributed by atoms with Gasteiger partial charge in [-0.3, -0.25) is 0 Å². The molecule has 0 saturated heterocycles. The maximum atomic E-state index is 11.8. The molecule has 1 rings (SSSR count). The molecule has 0 bridgehead atoms. The van der Waals surface area contributed by atoms with Crippen LogP contribution in [-0.4, -0.2) is 15.0 Å². The molecule has 0 radical (unpaired) electrons. The molecule has 5 nitrogen and oxygen atoms in total. The number of benzene rings is 1. The van der Waals surface area contributed by atoms with Crippen molar-refractivity contribution in [3.63, 3.8) is 0 Å². The van der Waals surface area contributed by atoms with E-state index in [0.717, 1.165) is 0 Å². The van der Waals surface area contributed by atoms with Gasteiger partial charge in [0, 0.05) is 13.0 Å². The third-order valence-electron chi connectivity index (χ3n) is 2.07. The molecule has 0 aliphatic carbocycles. The predicted molar refractivity (Wildman–Crippen MR) is 61.9 cm³/mol. The predicted octanol–water partition coefficient (Wildman–Crippen LogP) is 1.08. The van der Waals surface area contributed by atoms with E-state index in [2.05, 4.69) is 4.72 Å². The van der Waals surface area contributed by atoms with Crippen LogP contribution in [0.15, 0.2) is 30.3 Å². The van der Waals surface area contributed by atoms with Crippen LogP contribution in [0.4, 0.5) is 0 Å². The molecule has 1 aromatic rings. The van der Waals surface area contributed by atoms with E-state index >= 15 is 0 Å². The average Bonchev–Trinajstić information content (AvgIpc) is 2.31. The summed E-state index contributed by atoms with van der Waals surface area (Å²) in [6, 6.07) is 11.8. The Balaban J connectivity index is 2.89. The van der Waals surface area contributed by atoms with Gasteiger partial charge in [-0.1, -0.05) is 30.3 Å². The Bertz CT molecular complexity index is 540. The van der Waals surface area contributed by atoms with Crippen LogP contribution in [0.25, 0.3) is 0 Å². The van der Waals surface area contributed by atoms with Gasteiger partial charge in [-0.15, -0.1) is 0 Å². The highest BCUT2D eigenvalue weighted by molar-refractivity contribution is 7.90. The van der Waals surface area contributed by atoms with Gasteiger partial charge in [0.15, 0.2) is 5.25 Å². The van der Waals surface area contributed by atoms with Crippen molar-refractivity contribution < 1.29 is 8.42 Å². The summed E-state index contributed by atoms with van der Waals surface area (Å²) in [5, 5.41) is 16.0. The zero-order chi connectivity index (χ0) is 12.7. The van der Waals surface area contributed by atoms with Gasteiger partial charge in [0.25, 0.3) is 0 Å². The molecule has 6 heteroatoms. The van der Waals surface area contributed by atoms with Crippen molar-refractivity contribution >= 4 is 10.0 Å². The van der Waals surface area contributed by atoms with Crippen molar-refractivity contribution in [2.45, 2.75) is 11.7 Å². The fourth-order valence-corrected chi connectivity index (χ4v) is 2.49. The number of hydrogen-bond acceptors (Lipinski definition) is 4. The molecule has 0 aliphatic rings. The lowest BCUT2D eigenvalue weighted by Crippen LogP contribution is -2.29. The lowest BCUT2D eigenvalue weighted by Gasteiger charge is -2.11. The molecule has 0 saturated carbocycles. The lowest BCUT2D eigenvalue weighted by atomic mass is 10.2. The van der Waals surface area contributed by atoms with Crippen molar-refractivity contribution in [1.29, 1.82) is 10.5 Å². The minimum absolute atomic E-state index is 0.0177. The molecule has 0 aromatic heterocycles. The fourth-order valence-electron chi connectivity index (χ4n) is 1.28. The van der Waals surface area contributed by atoms with Crippen LogP contribution in [-0.2, 0) is 10.0 Å². The molecule has 0 aliphatic heterocycles. The van der Waals surface area contributed by atoms with Gasteiger partial charge in [0.05, 0.1) is 12.1 Å². The molecule has 0 fully saturated rings. The highest BCUT2D eigenvalue weighted by Gasteiger charge is 2.26. The van der Waals surface area contributed by atoms with E-state index < -0.39 is 15.3 Å². The third-order valence-corrected chi connectivity index (χ3v) is 3.67. The Hall–Kier alpha value is -1.89. The minimum atomic E-state index is -3.76. The molecule has 1 atom stereocenters. The maximum Gasteiger partial charge on any atom is 0.232 e. The smallest absolute Gasteiger partial charge is 0.213 e. The van der Waals surface area contributed by atoms with Gasteiger partial charge in [0.2, 0.25) is 10.0 Å². The Morgan fingerprint density at radius 1 is 1.24 bits per heavy atom. The molecule has 88 valence electrons. The summed E-state index contributed by atoms with van der Waals surface area (Å²) in [5.74, 6) is 0. The van der Waals surface area contributed by atoms with Crippen molar-refractivity contribution in [3.05, 3.63) is 35.9 Å². The summed E-state index contributed by atoms with van der Waals surface area (Å²) >= 11 is 0. The zero-order valence-electron chi connectivity index (χ0n) is 9.00. The average molecular weight is 249 g/mol. The summed E-state index contributed by atoms with van der Waals surface area (Å²) < 4.78 is 25.8. The van der Waals surface area contributed by atoms with Crippen LogP contribution in [0, 0.1) is 22.7 Å². The topological polar surface area (TPSA) is 93.8 Å². The first-order valence-electron chi connectivity index (χ1n) is 4.92. The highest BCUT2D eigenvalue weighted by atomic mass is 32.2. The minimum Gasteiger partial charge on any atom is -0.213 e. The van der Waals surface area contributed by atoms with Crippen LogP contribution in [0.5, 0.6) is 0 Å². The summed E-state index contributed by atoms with van der Waals surface area (Å²) in [7, 11) is -3.76. The Kier molecular flexibility index (Phi) is 4.65. The fraction of sp³-hybridized carbons (Fsp3) is 0.273. The van der Waals surface area contributed by atoms with Gasteiger partial charge >= 0.3 is 0 Å². The number of nitrogens with zero attached hydrogens (tertiary/aromatic N) is 2. The number of sulfonamides is 1. The maximum absolute atomic E-state index is 11.8. The van der Waals surface area contributed by atoms with Crippen molar-refractivity contribution in [3.8, 4) is 12.1 Å². The van der Waals surface area contributed by atoms with Crippen LogP contribution in [0.1, 0.15) is 17.2 Å². The number of nitriles is 2. The lowest BCUT2D eigenvalue weighted by molar-refractivity contribution is 0.577. The first kappa shape index (κ1) is 13.2. The van der Waals surface area contributed by atoms with Crippen LogP contribution >= 0.6 is 0 Å². The van der Waals surface area contributed by atoms with Gasteiger partial charge in [-0.2, -0.15) is 10.5 Å². The van der Waals surface area contributed by atoms with E-state index in [9.17, 15) is 8.42 Å². The molecule has 0 spiro atoms. The second-order valence-electron chi connectivity index (χ2n) is 3.27. The molecule has 0 amide bonds. The third kappa shape index (κ3) is 3.56. The van der Waals surface area contributed by atoms with Crippen LogP contribution in [0.3, 0.4) is 0 Å². The largest absolute Gasteiger partial charge is 0.232 e. The monoisotopic (exact) mass is 249 g/mol. The van der Waals surface area contributed by atoms with Crippen molar-refractivity contribution in [1.82, 2.24) is 4.72 Å². The first-order chi connectivity index (χ1) is 8.11. The zero-order valence-corrected chi connectivity index (χ0v) is 9.81. The molecule has 1 N–H and O–H groups in total. The van der Waals surface area contributed by atoms with E-state index in [0.29, 0.717) is 5.56 Å². The number of nitrogens with one attached hydrogen (secondary N) is 1. The van der Waals surface area contributed by atoms with Crippen LogP contribution < -0.4 is 4.72 Å². The molecule has 1 unspecified atom stereocenters. The quantitative estimate of drug-likeness (QED) is 0.790.